The highest BCUT2D eigenvalue weighted by atomic mass is 28.3. The number of nitrogens with zero attached hydrogens (tertiary/aromatic N) is 3. The molecule has 0 saturated carbocycles. The van der Waals surface area contributed by atoms with Crippen LogP contribution in [0.1, 0.15) is 0 Å². The fraction of sp³-hybridized carbons (Fsp3) is 1.00. The van der Waals surface area contributed by atoms with Crippen LogP contribution >= 0.6 is 0 Å². The molecule has 0 amide bonds. The van der Waals surface area contributed by atoms with E-state index in [1.165, 1.54) is 51.7 Å². The Bertz CT molecular complexity index is 305. The van der Waals surface area contributed by atoms with Gasteiger partial charge in [-0.2, -0.15) is 0 Å². The van der Waals surface area contributed by atoms with Crippen LogP contribution in [0.5, 0.6) is 0 Å². The second kappa shape index (κ2) is 13.1. The van der Waals surface area contributed by atoms with Crippen LogP contribution in [0.2, 0.25) is 64.5 Å². The Morgan fingerprint density at radius 3 is 1.46 bits per heavy atom. The summed E-state index contributed by atoms with van der Waals surface area (Å²) in [6.45, 7) is 28.0. The minimum absolute atomic E-state index is 0.433. The minimum atomic E-state index is -0.501. The van der Waals surface area contributed by atoms with Gasteiger partial charge in [0, 0.05) is 67.9 Å². The number of rotatable bonds is 12. The molecule has 0 atom stereocenters. The molecule has 3 nitrogen and oxygen atoms in total. The quantitative estimate of drug-likeness (QED) is 0.440. The monoisotopic (exact) mass is 431 g/mol. The zero-order valence-electron chi connectivity index (χ0n) is 19.3. The minimum Gasteiger partial charge on any atom is -0.301 e. The molecule has 0 spiro atoms. The topological polar surface area (TPSA) is 9.72 Å². The molecule has 1 aliphatic heterocycles. The van der Waals surface area contributed by atoms with Crippen LogP contribution in [0.25, 0.3) is 0 Å². The van der Waals surface area contributed by atoms with Crippen molar-refractivity contribution in [1.82, 2.24) is 14.7 Å². The lowest BCUT2D eigenvalue weighted by atomic mass is 10.2. The molecule has 0 bridgehead atoms. The normalized spacial score (nSPS) is 17.8. The maximum absolute atomic E-state index is 2.81. The molecule has 0 N–H and O–H groups in total. The predicted molar refractivity (Wildman–Crippen MR) is 133 cm³/mol. The van der Waals surface area contributed by atoms with E-state index in [0.717, 1.165) is 5.92 Å². The van der Waals surface area contributed by atoms with Crippen molar-refractivity contribution in [3.05, 3.63) is 0 Å². The van der Waals surface area contributed by atoms with Crippen LogP contribution in [0.15, 0.2) is 0 Å². The van der Waals surface area contributed by atoms with Crippen molar-refractivity contribution >= 4 is 35.2 Å². The Morgan fingerprint density at radius 2 is 1.08 bits per heavy atom. The highest BCUT2D eigenvalue weighted by molar-refractivity contribution is 6.58. The maximum Gasteiger partial charge on any atom is 0.0501 e. The summed E-state index contributed by atoms with van der Waals surface area (Å²) in [6, 6.07) is 3.13. The van der Waals surface area contributed by atoms with E-state index in [1.807, 2.05) is 0 Å². The Hall–Kier alpha value is 0.748. The standard InChI is InChI=1S/C19H49N3Si4/c1-23(2)14-19(15-24(3)4)13-20-9-11-21(12-10-20)16-22(17-25(5)6)18-26(7)8/h19,23-26H,9-18H2,1-8H3. The van der Waals surface area contributed by atoms with Gasteiger partial charge in [-0.25, -0.2) is 0 Å². The summed E-state index contributed by atoms with van der Waals surface area (Å²) in [4.78, 5) is 8.35. The molecule has 1 fully saturated rings. The molecule has 156 valence electrons. The molecule has 1 saturated heterocycles. The van der Waals surface area contributed by atoms with Crippen LogP contribution < -0.4 is 0 Å². The molecule has 0 radical (unpaired) electrons. The second-order valence-corrected chi connectivity index (χ2v) is 23.3. The highest BCUT2D eigenvalue weighted by Crippen LogP contribution is 2.18. The SMILES string of the molecule is C[SiH](C)CC(CN1CCN(CN(C[SiH](C)C)C[SiH](C)C)CC1)C[SiH](C)C. The Kier molecular flexibility index (Phi) is 12.4. The van der Waals surface area contributed by atoms with Crippen LogP contribution in [0.3, 0.4) is 0 Å². The fourth-order valence-electron chi connectivity index (χ4n) is 4.56. The van der Waals surface area contributed by atoms with Crippen molar-refractivity contribution < 1.29 is 0 Å². The molecule has 7 heteroatoms. The van der Waals surface area contributed by atoms with Crippen molar-refractivity contribution in [1.29, 1.82) is 0 Å². The summed E-state index contributed by atoms with van der Waals surface area (Å²) in [7, 11) is -1.87. The van der Waals surface area contributed by atoms with Gasteiger partial charge in [-0.15, -0.1) is 0 Å². The Labute approximate surface area is 171 Å². The lowest BCUT2D eigenvalue weighted by Gasteiger charge is -2.39. The average Bonchev–Trinajstić information content (AvgIpc) is 2.46. The van der Waals surface area contributed by atoms with Crippen LogP contribution in [0.4, 0.5) is 0 Å². The van der Waals surface area contributed by atoms with E-state index in [-0.39, 0.29) is 0 Å². The van der Waals surface area contributed by atoms with Gasteiger partial charge in [-0.1, -0.05) is 64.5 Å². The third kappa shape index (κ3) is 11.6. The van der Waals surface area contributed by atoms with Crippen LogP contribution in [-0.2, 0) is 0 Å². The summed E-state index contributed by atoms with van der Waals surface area (Å²) in [5.74, 6) is 1.01. The number of hydrogen-bond donors (Lipinski definition) is 0. The molecular formula is C19H49N3Si4. The van der Waals surface area contributed by atoms with E-state index in [2.05, 4.69) is 67.1 Å². The van der Waals surface area contributed by atoms with Gasteiger partial charge in [-0.05, 0) is 18.3 Å². The molecule has 0 aromatic carbocycles. The van der Waals surface area contributed by atoms with Crippen LogP contribution in [-0.4, -0.2) is 102 Å². The van der Waals surface area contributed by atoms with Crippen molar-refractivity contribution in [2.24, 2.45) is 5.92 Å². The van der Waals surface area contributed by atoms with Gasteiger partial charge >= 0.3 is 0 Å². The van der Waals surface area contributed by atoms with E-state index >= 15 is 0 Å². The van der Waals surface area contributed by atoms with Gasteiger partial charge in [0.1, 0.15) is 0 Å². The zero-order chi connectivity index (χ0) is 19.7. The van der Waals surface area contributed by atoms with E-state index < -0.39 is 35.2 Å². The summed E-state index contributed by atoms with van der Waals surface area (Å²) < 4.78 is 0. The van der Waals surface area contributed by atoms with E-state index in [0.29, 0.717) is 0 Å². The first-order chi connectivity index (χ1) is 12.2. The molecule has 26 heavy (non-hydrogen) atoms. The molecule has 1 heterocycles. The molecule has 1 rings (SSSR count). The van der Waals surface area contributed by atoms with Gasteiger partial charge in [0.05, 0.1) is 6.67 Å². The number of piperazine rings is 1. The van der Waals surface area contributed by atoms with Gasteiger partial charge < -0.3 is 4.90 Å². The van der Waals surface area contributed by atoms with Gasteiger partial charge in [0.2, 0.25) is 0 Å². The first-order valence-electron chi connectivity index (χ1n) is 11.3. The lowest BCUT2D eigenvalue weighted by molar-refractivity contribution is 0.0817. The van der Waals surface area contributed by atoms with Gasteiger partial charge in [-0.3, -0.25) is 9.80 Å². The molecular weight excluding hydrogens is 383 g/mol. The van der Waals surface area contributed by atoms with Gasteiger partial charge in [0.25, 0.3) is 0 Å². The molecule has 1 aliphatic rings. The fourth-order valence-corrected chi connectivity index (χ4v) is 11.2. The highest BCUT2D eigenvalue weighted by Gasteiger charge is 2.23. The smallest absolute Gasteiger partial charge is 0.0501 e. The Balaban J connectivity index is 2.43. The first-order valence-corrected chi connectivity index (χ1v) is 23.8. The second-order valence-electron chi connectivity index (χ2n) is 10.5. The van der Waals surface area contributed by atoms with Crippen molar-refractivity contribution in [2.75, 3.05) is 51.7 Å². The summed E-state index contributed by atoms with van der Waals surface area (Å²) in [6.07, 6.45) is 2.82. The van der Waals surface area contributed by atoms with Gasteiger partial charge in [0.15, 0.2) is 0 Å². The summed E-state index contributed by atoms with van der Waals surface area (Å²) >= 11 is 0. The van der Waals surface area contributed by atoms with E-state index in [4.69, 9.17) is 0 Å². The van der Waals surface area contributed by atoms with E-state index in [1.54, 1.807) is 12.1 Å². The number of hydrogen-bond acceptors (Lipinski definition) is 3. The largest absolute Gasteiger partial charge is 0.301 e. The summed E-state index contributed by atoms with van der Waals surface area (Å²) in [5.41, 5.74) is 0. The average molecular weight is 432 g/mol. The van der Waals surface area contributed by atoms with Crippen molar-refractivity contribution in [3.8, 4) is 0 Å². The van der Waals surface area contributed by atoms with E-state index in [9.17, 15) is 0 Å². The molecule has 0 unspecified atom stereocenters. The maximum atomic E-state index is 2.81. The van der Waals surface area contributed by atoms with Crippen LogP contribution in [0, 0.1) is 5.92 Å². The lowest BCUT2D eigenvalue weighted by Crippen LogP contribution is -2.52. The molecule has 0 aromatic heterocycles. The third-order valence-electron chi connectivity index (χ3n) is 5.24. The third-order valence-corrected chi connectivity index (χ3v) is 10.9. The zero-order valence-corrected chi connectivity index (χ0v) is 23.9. The predicted octanol–water partition coefficient (Wildman–Crippen LogP) is 2.50. The first kappa shape index (κ1) is 24.8. The Morgan fingerprint density at radius 1 is 0.654 bits per heavy atom. The van der Waals surface area contributed by atoms with Crippen molar-refractivity contribution in [3.63, 3.8) is 0 Å². The summed E-state index contributed by atoms with van der Waals surface area (Å²) in [5, 5.41) is 0. The van der Waals surface area contributed by atoms with Crippen molar-refractivity contribution in [2.45, 2.75) is 64.5 Å². The molecule has 0 aromatic rings. The molecule has 0 aliphatic carbocycles.